The van der Waals surface area contributed by atoms with Crippen LogP contribution in [0, 0.1) is 0 Å². The second kappa shape index (κ2) is 5.97. The highest BCUT2D eigenvalue weighted by Gasteiger charge is 2.09. The average molecular weight is 294 g/mol. The molecule has 0 saturated heterocycles. The molecule has 0 aliphatic rings. The van der Waals surface area contributed by atoms with Gasteiger partial charge in [-0.05, 0) is 35.7 Å². The predicted molar refractivity (Wildman–Crippen MR) is 84.7 cm³/mol. The van der Waals surface area contributed by atoms with Crippen LogP contribution in [0.1, 0.15) is 41.5 Å². The maximum absolute atomic E-state index is 12.2. The summed E-state index contributed by atoms with van der Waals surface area (Å²) in [6, 6.07) is 13.4. The van der Waals surface area contributed by atoms with E-state index >= 15 is 0 Å². The molecule has 5 nitrogen and oxygen atoms in total. The number of carbonyl (C=O) groups is 1. The van der Waals surface area contributed by atoms with Crippen molar-refractivity contribution in [3.05, 3.63) is 65.6 Å². The summed E-state index contributed by atoms with van der Waals surface area (Å²) in [5, 5.41) is 11.0. The quantitative estimate of drug-likeness (QED) is 0.805. The number of amides is 1. The lowest BCUT2D eigenvalue weighted by molar-refractivity contribution is 0.0949. The summed E-state index contributed by atoms with van der Waals surface area (Å²) in [6.45, 7) is 4.60. The number of fused-ring (bicyclic) bond motifs is 1. The van der Waals surface area contributed by atoms with Crippen LogP contribution < -0.4 is 5.32 Å². The van der Waals surface area contributed by atoms with Crippen LogP contribution in [0.2, 0.25) is 0 Å². The van der Waals surface area contributed by atoms with Gasteiger partial charge in [-0.25, -0.2) is 0 Å². The third-order valence-corrected chi connectivity index (χ3v) is 3.63. The van der Waals surface area contributed by atoms with Crippen molar-refractivity contribution in [1.82, 2.24) is 19.9 Å². The van der Waals surface area contributed by atoms with E-state index in [-0.39, 0.29) is 5.91 Å². The Bertz CT molecular complexity index is 790. The van der Waals surface area contributed by atoms with Gasteiger partial charge in [0.25, 0.3) is 5.91 Å². The first-order valence-corrected chi connectivity index (χ1v) is 7.32. The summed E-state index contributed by atoms with van der Waals surface area (Å²) in [7, 11) is 0. The largest absolute Gasteiger partial charge is 0.345 e. The van der Waals surface area contributed by atoms with Crippen LogP contribution in [0.15, 0.2) is 48.7 Å². The Morgan fingerprint density at radius 1 is 1.14 bits per heavy atom. The molecule has 0 atom stereocenters. The van der Waals surface area contributed by atoms with Crippen molar-refractivity contribution in [2.75, 3.05) is 0 Å². The fourth-order valence-corrected chi connectivity index (χ4v) is 2.29. The van der Waals surface area contributed by atoms with Crippen molar-refractivity contribution in [2.24, 2.45) is 0 Å². The molecule has 22 heavy (non-hydrogen) atoms. The molecule has 3 aromatic rings. The maximum atomic E-state index is 12.2. The van der Waals surface area contributed by atoms with Crippen LogP contribution in [-0.4, -0.2) is 20.5 Å². The minimum Gasteiger partial charge on any atom is -0.345 e. The third kappa shape index (κ3) is 2.83. The van der Waals surface area contributed by atoms with Crippen molar-refractivity contribution in [3.8, 4) is 0 Å². The molecular weight excluding hydrogens is 276 g/mol. The number of hydrogen-bond donors (Lipinski definition) is 1. The van der Waals surface area contributed by atoms with Crippen molar-refractivity contribution in [2.45, 2.75) is 26.3 Å². The number of aromatic nitrogens is 3. The molecular formula is C17H18N4O. The monoisotopic (exact) mass is 294 g/mol. The van der Waals surface area contributed by atoms with Crippen LogP contribution >= 0.6 is 0 Å². The highest BCUT2D eigenvalue weighted by atomic mass is 16.1. The van der Waals surface area contributed by atoms with Gasteiger partial charge in [0.2, 0.25) is 0 Å². The standard InChI is InChI=1S/C17H18N4O/c1-12(2)13-6-8-14(9-7-13)17(22)18-11-16-20-19-15-5-3-4-10-21(15)16/h3-10,12H,11H2,1-2H3,(H,18,22). The van der Waals surface area contributed by atoms with Gasteiger partial charge in [0, 0.05) is 11.8 Å². The number of carbonyl (C=O) groups excluding carboxylic acids is 1. The molecule has 0 bridgehead atoms. The van der Waals surface area contributed by atoms with Crippen molar-refractivity contribution < 1.29 is 4.79 Å². The molecule has 0 aliphatic carbocycles. The number of nitrogens with one attached hydrogen (secondary N) is 1. The van der Waals surface area contributed by atoms with Crippen molar-refractivity contribution in [1.29, 1.82) is 0 Å². The Kier molecular flexibility index (Phi) is 3.87. The number of pyridine rings is 1. The first-order valence-electron chi connectivity index (χ1n) is 7.32. The van der Waals surface area contributed by atoms with Crippen molar-refractivity contribution in [3.63, 3.8) is 0 Å². The average Bonchev–Trinajstić information content (AvgIpc) is 2.96. The summed E-state index contributed by atoms with van der Waals surface area (Å²) in [5.41, 5.74) is 2.64. The summed E-state index contributed by atoms with van der Waals surface area (Å²) in [6.07, 6.45) is 1.88. The molecule has 1 aromatic carbocycles. The van der Waals surface area contributed by atoms with Crippen LogP contribution in [-0.2, 0) is 6.54 Å². The molecule has 0 saturated carbocycles. The van der Waals surface area contributed by atoms with Gasteiger partial charge in [0.1, 0.15) is 0 Å². The number of nitrogens with zero attached hydrogens (tertiary/aromatic N) is 3. The van der Waals surface area contributed by atoms with Gasteiger partial charge in [0.15, 0.2) is 11.5 Å². The summed E-state index contributed by atoms with van der Waals surface area (Å²) in [5.74, 6) is 1.06. The lowest BCUT2D eigenvalue weighted by Crippen LogP contribution is -2.24. The fourth-order valence-electron chi connectivity index (χ4n) is 2.29. The number of rotatable bonds is 4. The van der Waals surface area contributed by atoms with E-state index in [1.54, 1.807) is 0 Å². The van der Waals surface area contributed by atoms with E-state index in [9.17, 15) is 4.79 Å². The lowest BCUT2D eigenvalue weighted by Gasteiger charge is -2.07. The van der Waals surface area contributed by atoms with Gasteiger partial charge >= 0.3 is 0 Å². The highest BCUT2D eigenvalue weighted by molar-refractivity contribution is 5.94. The van der Waals surface area contributed by atoms with Gasteiger partial charge in [-0.2, -0.15) is 0 Å². The molecule has 2 heterocycles. The second-order valence-electron chi connectivity index (χ2n) is 5.50. The Hall–Kier alpha value is -2.69. The molecule has 0 radical (unpaired) electrons. The third-order valence-electron chi connectivity index (χ3n) is 3.63. The van der Waals surface area contributed by atoms with Gasteiger partial charge in [-0.1, -0.05) is 32.0 Å². The molecule has 0 fully saturated rings. The first kappa shape index (κ1) is 14.3. The molecule has 2 aromatic heterocycles. The minimum absolute atomic E-state index is 0.108. The molecule has 112 valence electrons. The maximum Gasteiger partial charge on any atom is 0.251 e. The van der Waals surface area contributed by atoms with Crippen LogP contribution in [0.25, 0.3) is 5.65 Å². The van der Waals surface area contributed by atoms with Gasteiger partial charge < -0.3 is 5.32 Å². The van der Waals surface area contributed by atoms with E-state index in [4.69, 9.17) is 0 Å². The predicted octanol–water partition coefficient (Wildman–Crippen LogP) is 2.78. The Morgan fingerprint density at radius 3 is 2.64 bits per heavy atom. The van der Waals surface area contributed by atoms with E-state index in [0.29, 0.717) is 23.9 Å². The molecule has 0 unspecified atom stereocenters. The summed E-state index contributed by atoms with van der Waals surface area (Å²) >= 11 is 0. The van der Waals surface area contributed by atoms with E-state index < -0.39 is 0 Å². The van der Waals surface area contributed by atoms with Crippen LogP contribution in [0.5, 0.6) is 0 Å². The van der Waals surface area contributed by atoms with Gasteiger partial charge in [-0.3, -0.25) is 9.20 Å². The van der Waals surface area contributed by atoms with Gasteiger partial charge in [0.05, 0.1) is 6.54 Å². The Labute approximate surface area is 129 Å². The normalized spacial score (nSPS) is 11.0. The Morgan fingerprint density at radius 2 is 1.91 bits per heavy atom. The molecule has 5 heteroatoms. The van der Waals surface area contributed by atoms with E-state index in [2.05, 4.69) is 29.4 Å². The zero-order chi connectivity index (χ0) is 15.5. The molecule has 0 spiro atoms. The van der Waals surface area contributed by atoms with E-state index in [1.807, 2.05) is 53.1 Å². The minimum atomic E-state index is -0.108. The Balaban J connectivity index is 1.69. The molecule has 1 amide bonds. The summed E-state index contributed by atoms with van der Waals surface area (Å²) < 4.78 is 1.86. The molecule has 3 rings (SSSR count). The van der Waals surface area contributed by atoms with Gasteiger partial charge in [-0.15, -0.1) is 10.2 Å². The highest BCUT2D eigenvalue weighted by Crippen LogP contribution is 2.14. The zero-order valence-electron chi connectivity index (χ0n) is 12.7. The van der Waals surface area contributed by atoms with E-state index in [0.717, 1.165) is 5.65 Å². The first-order chi connectivity index (χ1) is 10.6. The molecule has 1 N–H and O–H groups in total. The molecule has 0 aliphatic heterocycles. The van der Waals surface area contributed by atoms with Crippen LogP contribution in [0.4, 0.5) is 0 Å². The number of benzene rings is 1. The topological polar surface area (TPSA) is 59.3 Å². The van der Waals surface area contributed by atoms with Crippen LogP contribution in [0.3, 0.4) is 0 Å². The fraction of sp³-hybridized carbons (Fsp3) is 0.235. The SMILES string of the molecule is CC(C)c1ccc(C(=O)NCc2nnc3ccccn23)cc1. The van der Waals surface area contributed by atoms with Crippen molar-refractivity contribution >= 4 is 11.6 Å². The summed E-state index contributed by atoms with van der Waals surface area (Å²) in [4.78, 5) is 12.2. The second-order valence-corrected chi connectivity index (χ2v) is 5.50. The lowest BCUT2D eigenvalue weighted by atomic mass is 10.0. The van der Waals surface area contributed by atoms with E-state index in [1.165, 1.54) is 5.56 Å². The zero-order valence-corrected chi connectivity index (χ0v) is 12.7. The smallest absolute Gasteiger partial charge is 0.251 e. The number of hydrogen-bond acceptors (Lipinski definition) is 3.